The van der Waals surface area contributed by atoms with E-state index in [0.717, 1.165) is 36.2 Å². The molecule has 9 heteroatoms. The minimum absolute atomic E-state index is 0.0589. The summed E-state index contributed by atoms with van der Waals surface area (Å²) in [4.78, 5) is 15.5. The number of alkyl halides is 3. The number of tetrazole rings is 1. The lowest BCUT2D eigenvalue weighted by molar-refractivity contribution is -0.138. The third-order valence-electron chi connectivity index (χ3n) is 4.66. The van der Waals surface area contributed by atoms with E-state index in [2.05, 4.69) is 15.4 Å². The molecule has 2 heterocycles. The van der Waals surface area contributed by atoms with Crippen LogP contribution in [-0.4, -0.2) is 43.1 Å². The lowest BCUT2D eigenvalue weighted by Gasteiger charge is -2.38. The number of rotatable bonds is 3. The van der Waals surface area contributed by atoms with Crippen LogP contribution < -0.4 is 0 Å². The molecule has 2 aromatic rings. The second-order valence-corrected chi connectivity index (χ2v) is 6.65. The molecule has 0 radical (unpaired) electrons. The highest BCUT2D eigenvalue weighted by molar-refractivity contribution is 5.76. The van der Waals surface area contributed by atoms with E-state index in [9.17, 15) is 18.0 Å². The second kappa shape index (κ2) is 7.05. The van der Waals surface area contributed by atoms with Gasteiger partial charge >= 0.3 is 6.18 Å². The minimum atomic E-state index is -4.44. The molecule has 1 amide bonds. The molecule has 1 aliphatic rings. The third kappa shape index (κ3) is 3.86. The number of carbonyl (C=O) groups is 1. The van der Waals surface area contributed by atoms with E-state index in [1.54, 1.807) is 0 Å². The number of likely N-dealkylation sites (tertiary alicyclic amines) is 1. The van der Waals surface area contributed by atoms with Crippen LogP contribution in [0.25, 0.3) is 11.4 Å². The smallest absolute Gasteiger partial charge is 0.336 e. The van der Waals surface area contributed by atoms with Gasteiger partial charge in [0.05, 0.1) is 5.56 Å². The van der Waals surface area contributed by atoms with Gasteiger partial charge in [0.1, 0.15) is 6.54 Å². The van der Waals surface area contributed by atoms with Gasteiger partial charge in [-0.05, 0) is 50.5 Å². The fraction of sp³-hybridized carbons (Fsp3) is 0.529. The first-order valence-corrected chi connectivity index (χ1v) is 8.52. The van der Waals surface area contributed by atoms with E-state index in [-0.39, 0.29) is 35.9 Å². The van der Waals surface area contributed by atoms with Crippen molar-refractivity contribution in [3.8, 4) is 11.4 Å². The van der Waals surface area contributed by atoms with Gasteiger partial charge in [-0.2, -0.15) is 18.0 Å². The summed E-state index contributed by atoms with van der Waals surface area (Å²) in [5, 5.41) is 11.7. The van der Waals surface area contributed by atoms with Crippen molar-refractivity contribution in [3.05, 3.63) is 29.8 Å². The van der Waals surface area contributed by atoms with Gasteiger partial charge in [-0.15, -0.1) is 10.2 Å². The van der Waals surface area contributed by atoms with Gasteiger partial charge in [0.2, 0.25) is 11.7 Å². The van der Waals surface area contributed by atoms with Crippen molar-refractivity contribution < 1.29 is 18.0 Å². The lowest BCUT2D eigenvalue weighted by Crippen LogP contribution is -2.48. The number of carbonyl (C=O) groups excluding carboxylic acids is 1. The summed E-state index contributed by atoms with van der Waals surface area (Å²) in [5.74, 6) is -0.0543. The van der Waals surface area contributed by atoms with E-state index >= 15 is 0 Å². The number of benzene rings is 1. The van der Waals surface area contributed by atoms with Crippen LogP contribution in [0, 0.1) is 0 Å². The summed E-state index contributed by atoms with van der Waals surface area (Å²) in [6.45, 7) is 3.94. The number of piperidine rings is 1. The van der Waals surface area contributed by atoms with Crippen molar-refractivity contribution in [2.75, 3.05) is 0 Å². The van der Waals surface area contributed by atoms with Crippen LogP contribution in [0.5, 0.6) is 0 Å². The van der Waals surface area contributed by atoms with Crippen LogP contribution in [-0.2, 0) is 17.5 Å². The van der Waals surface area contributed by atoms with E-state index in [1.165, 1.54) is 12.1 Å². The third-order valence-corrected chi connectivity index (χ3v) is 4.66. The van der Waals surface area contributed by atoms with Crippen LogP contribution in [0.2, 0.25) is 0 Å². The highest BCUT2D eigenvalue weighted by atomic mass is 19.4. The zero-order valence-corrected chi connectivity index (χ0v) is 14.6. The molecule has 0 spiro atoms. The summed E-state index contributed by atoms with van der Waals surface area (Å²) in [6.07, 6.45) is -1.44. The maximum Gasteiger partial charge on any atom is 0.416 e. The average molecular weight is 367 g/mol. The van der Waals surface area contributed by atoms with Crippen molar-refractivity contribution in [1.82, 2.24) is 25.1 Å². The molecule has 0 N–H and O–H groups in total. The first-order valence-electron chi connectivity index (χ1n) is 8.52. The topological polar surface area (TPSA) is 63.9 Å². The number of amides is 1. The molecule has 1 aromatic carbocycles. The molecular weight excluding hydrogens is 347 g/mol. The molecule has 3 rings (SSSR count). The van der Waals surface area contributed by atoms with Crippen LogP contribution in [0.15, 0.2) is 24.3 Å². The molecule has 140 valence electrons. The van der Waals surface area contributed by atoms with Crippen molar-refractivity contribution in [2.24, 2.45) is 0 Å². The zero-order valence-electron chi connectivity index (χ0n) is 14.6. The Bertz CT molecular complexity index is 779. The Morgan fingerprint density at radius 1 is 1.23 bits per heavy atom. The monoisotopic (exact) mass is 367 g/mol. The van der Waals surface area contributed by atoms with E-state index in [4.69, 9.17) is 0 Å². The molecule has 0 aliphatic carbocycles. The molecule has 1 saturated heterocycles. The Labute approximate surface area is 149 Å². The minimum Gasteiger partial charge on any atom is -0.336 e. The van der Waals surface area contributed by atoms with Crippen molar-refractivity contribution in [2.45, 2.75) is 57.9 Å². The highest BCUT2D eigenvalue weighted by Crippen LogP contribution is 2.31. The number of hydrogen-bond acceptors (Lipinski definition) is 4. The Balaban J connectivity index is 1.75. The Morgan fingerprint density at radius 2 is 1.92 bits per heavy atom. The lowest BCUT2D eigenvalue weighted by atomic mass is 9.97. The van der Waals surface area contributed by atoms with Gasteiger partial charge in [-0.3, -0.25) is 4.79 Å². The maximum absolute atomic E-state index is 12.8. The predicted molar refractivity (Wildman–Crippen MR) is 87.9 cm³/mol. The second-order valence-electron chi connectivity index (χ2n) is 6.65. The average Bonchev–Trinajstić information content (AvgIpc) is 3.02. The zero-order chi connectivity index (χ0) is 18.9. The molecule has 2 atom stereocenters. The largest absolute Gasteiger partial charge is 0.416 e. The molecule has 6 nitrogen and oxygen atoms in total. The quantitative estimate of drug-likeness (QED) is 0.836. The normalized spacial score (nSPS) is 21.0. The molecule has 1 aromatic heterocycles. The van der Waals surface area contributed by atoms with Crippen LogP contribution in [0.3, 0.4) is 0 Å². The number of hydrogen-bond donors (Lipinski definition) is 0. The molecule has 0 saturated carbocycles. The number of halogens is 3. The van der Waals surface area contributed by atoms with Gasteiger partial charge in [-0.25, -0.2) is 0 Å². The number of aromatic nitrogens is 4. The molecule has 1 fully saturated rings. The summed E-state index contributed by atoms with van der Waals surface area (Å²) in [5.41, 5.74) is -0.573. The highest BCUT2D eigenvalue weighted by Gasteiger charge is 2.31. The molecule has 26 heavy (non-hydrogen) atoms. The van der Waals surface area contributed by atoms with Crippen molar-refractivity contribution in [3.63, 3.8) is 0 Å². The van der Waals surface area contributed by atoms with Crippen LogP contribution in [0.4, 0.5) is 13.2 Å². The molecule has 1 aliphatic heterocycles. The summed E-state index contributed by atoms with van der Waals surface area (Å²) in [7, 11) is 0. The molecule has 0 bridgehead atoms. The fourth-order valence-corrected chi connectivity index (χ4v) is 3.38. The van der Waals surface area contributed by atoms with Gasteiger partial charge in [0.15, 0.2) is 0 Å². The summed E-state index contributed by atoms with van der Waals surface area (Å²) >= 11 is 0. The standard InChI is InChI=1S/C17H20F3N5O/c1-11-5-3-6-12(2)25(11)15(26)10-24-22-16(21-23-24)13-7-4-8-14(9-13)17(18,19)20/h4,7-9,11-12H,3,5-6,10H2,1-2H3. The first kappa shape index (κ1) is 18.3. The van der Waals surface area contributed by atoms with Crippen molar-refractivity contribution >= 4 is 5.91 Å². The Hall–Kier alpha value is -2.45. The van der Waals surface area contributed by atoms with Gasteiger partial charge in [0, 0.05) is 17.6 Å². The Morgan fingerprint density at radius 3 is 2.58 bits per heavy atom. The summed E-state index contributed by atoms with van der Waals surface area (Å²) in [6, 6.07) is 5.03. The van der Waals surface area contributed by atoms with Crippen LogP contribution >= 0.6 is 0 Å². The van der Waals surface area contributed by atoms with Crippen LogP contribution in [0.1, 0.15) is 38.7 Å². The molecular formula is C17H20F3N5O. The Kier molecular flexibility index (Phi) is 4.97. The van der Waals surface area contributed by atoms with Gasteiger partial charge < -0.3 is 4.90 Å². The number of nitrogens with zero attached hydrogens (tertiary/aromatic N) is 5. The summed E-state index contributed by atoms with van der Waals surface area (Å²) < 4.78 is 38.5. The maximum atomic E-state index is 12.8. The van der Waals surface area contributed by atoms with Gasteiger partial charge in [-0.1, -0.05) is 12.1 Å². The van der Waals surface area contributed by atoms with E-state index in [0.29, 0.717) is 0 Å². The molecule has 2 unspecified atom stereocenters. The van der Waals surface area contributed by atoms with Gasteiger partial charge in [0.25, 0.3) is 0 Å². The van der Waals surface area contributed by atoms with E-state index in [1.807, 2.05) is 18.7 Å². The predicted octanol–water partition coefficient (Wildman–Crippen LogP) is 3.15. The fourth-order valence-electron chi connectivity index (χ4n) is 3.38. The van der Waals surface area contributed by atoms with E-state index < -0.39 is 11.7 Å². The first-order chi connectivity index (χ1) is 12.3. The SMILES string of the molecule is CC1CCCC(C)N1C(=O)Cn1nnc(-c2cccc(C(F)(F)F)c2)n1. The van der Waals surface area contributed by atoms with Crippen molar-refractivity contribution in [1.29, 1.82) is 0 Å².